The van der Waals surface area contributed by atoms with Gasteiger partial charge in [-0.2, -0.15) is 0 Å². The van der Waals surface area contributed by atoms with Crippen LogP contribution in [0.4, 0.5) is 0 Å². The fraction of sp³-hybridized carbons (Fsp3) is 0.333. The van der Waals surface area contributed by atoms with E-state index in [-0.39, 0.29) is 24.0 Å². The number of benzene rings is 1. The molecular formula is C15H21IN4O. The molecule has 0 saturated heterocycles. The van der Waals surface area contributed by atoms with Crippen LogP contribution in [0.5, 0.6) is 0 Å². The van der Waals surface area contributed by atoms with Gasteiger partial charge < -0.3 is 15.1 Å². The largest absolute Gasteiger partial charge is 0.444 e. The van der Waals surface area contributed by atoms with Crippen LogP contribution in [0.3, 0.4) is 0 Å². The zero-order chi connectivity index (χ0) is 14.4. The third-order valence-corrected chi connectivity index (χ3v) is 2.98. The second kappa shape index (κ2) is 8.66. The lowest BCUT2D eigenvalue weighted by Crippen LogP contribution is -2.35. The standard InChI is InChI=1S/C15H20N4O.HI/c1-11-4-6-12(7-5-11)14-19-13(10-20-14)8-9-18-15(16-2)17-3;/h4-7,10H,8-9H2,1-3H3,(H2,16,17,18);1H. The van der Waals surface area contributed by atoms with Crippen molar-refractivity contribution in [1.29, 1.82) is 0 Å². The molecule has 0 atom stereocenters. The Morgan fingerprint density at radius 3 is 2.62 bits per heavy atom. The molecule has 1 aromatic heterocycles. The zero-order valence-electron chi connectivity index (χ0n) is 12.5. The van der Waals surface area contributed by atoms with E-state index in [0.29, 0.717) is 5.89 Å². The van der Waals surface area contributed by atoms with Crippen molar-refractivity contribution in [3.8, 4) is 11.5 Å². The third-order valence-electron chi connectivity index (χ3n) is 2.98. The summed E-state index contributed by atoms with van der Waals surface area (Å²) in [5.41, 5.74) is 3.16. The van der Waals surface area contributed by atoms with E-state index in [4.69, 9.17) is 4.42 Å². The van der Waals surface area contributed by atoms with Gasteiger partial charge in [-0.15, -0.1) is 24.0 Å². The highest BCUT2D eigenvalue weighted by Gasteiger charge is 2.06. The van der Waals surface area contributed by atoms with Crippen molar-refractivity contribution in [3.63, 3.8) is 0 Å². The molecule has 0 aliphatic rings. The normalized spacial score (nSPS) is 10.9. The molecule has 0 unspecified atom stereocenters. The fourth-order valence-corrected chi connectivity index (χ4v) is 1.84. The van der Waals surface area contributed by atoms with E-state index >= 15 is 0 Å². The molecule has 114 valence electrons. The Labute approximate surface area is 142 Å². The SMILES string of the molecule is CN=C(NC)NCCc1coc(-c2ccc(C)cc2)n1.I. The van der Waals surface area contributed by atoms with Gasteiger partial charge in [0.15, 0.2) is 5.96 Å². The van der Waals surface area contributed by atoms with Gasteiger partial charge in [0.25, 0.3) is 0 Å². The summed E-state index contributed by atoms with van der Waals surface area (Å²) in [7, 11) is 3.57. The molecule has 2 rings (SSSR count). The van der Waals surface area contributed by atoms with Crippen LogP contribution in [-0.2, 0) is 6.42 Å². The minimum Gasteiger partial charge on any atom is -0.444 e. The lowest BCUT2D eigenvalue weighted by molar-refractivity contribution is 0.572. The van der Waals surface area contributed by atoms with E-state index in [9.17, 15) is 0 Å². The van der Waals surface area contributed by atoms with Crippen LogP contribution in [0.2, 0.25) is 0 Å². The lowest BCUT2D eigenvalue weighted by Gasteiger charge is -2.06. The smallest absolute Gasteiger partial charge is 0.226 e. The molecule has 2 aromatic rings. The summed E-state index contributed by atoms with van der Waals surface area (Å²) in [4.78, 5) is 8.54. The van der Waals surface area contributed by atoms with Crippen LogP contribution >= 0.6 is 24.0 Å². The topological polar surface area (TPSA) is 62.5 Å². The van der Waals surface area contributed by atoms with E-state index < -0.39 is 0 Å². The van der Waals surface area contributed by atoms with Gasteiger partial charge in [-0.25, -0.2) is 4.98 Å². The van der Waals surface area contributed by atoms with E-state index in [1.54, 1.807) is 13.3 Å². The molecule has 21 heavy (non-hydrogen) atoms. The Kier molecular flexibility index (Phi) is 7.21. The van der Waals surface area contributed by atoms with Gasteiger partial charge in [-0.1, -0.05) is 17.7 Å². The number of aryl methyl sites for hydroxylation is 1. The van der Waals surface area contributed by atoms with Crippen LogP contribution in [0.25, 0.3) is 11.5 Å². The van der Waals surface area contributed by atoms with Gasteiger partial charge in [0.1, 0.15) is 6.26 Å². The summed E-state index contributed by atoms with van der Waals surface area (Å²) in [5.74, 6) is 1.44. The number of hydrogen-bond donors (Lipinski definition) is 2. The highest BCUT2D eigenvalue weighted by Crippen LogP contribution is 2.19. The lowest BCUT2D eigenvalue weighted by atomic mass is 10.1. The zero-order valence-corrected chi connectivity index (χ0v) is 14.8. The molecule has 5 nitrogen and oxygen atoms in total. The van der Waals surface area contributed by atoms with Crippen molar-refractivity contribution in [2.24, 2.45) is 4.99 Å². The van der Waals surface area contributed by atoms with E-state index in [0.717, 1.165) is 30.2 Å². The Bertz CT molecular complexity index is 578. The highest BCUT2D eigenvalue weighted by atomic mass is 127. The first kappa shape index (κ1) is 17.5. The van der Waals surface area contributed by atoms with Crippen molar-refractivity contribution < 1.29 is 4.42 Å². The third kappa shape index (κ3) is 5.04. The van der Waals surface area contributed by atoms with Crippen molar-refractivity contribution >= 4 is 29.9 Å². The number of hydrogen-bond acceptors (Lipinski definition) is 3. The second-order valence-corrected chi connectivity index (χ2v) is 4.51. The Morgan fingerprint density at radius 2 is 2.00 bits per heavy atom. The highest BCUT2D eigenvalue weighted by molar-refractivity contribution is 14.0. The number of rotatable bonds is 4. The Balaban J connectivity index is 0.00000220. The predicted molar refractivity (Wildman–Crippen MR) is 96.2 cm³/mol. The van der Waals surface area contributed by atoms with E-state index in [1.165, 1.54) is 5.56 Å². The molecule has 0 amide bonds. The summed E-state index contributed by atoms with van der Waals surface area (Å²) < 4.78 is 5.52. The minimum atomic E-state index is 0. The summed E-state index contributed by atoms with van der Waals surface area (Å²) >= 11 is 0. The molecule has 0 fully saturated rings. The van der Waals surface area contributed by atoms with Crippen LogP contribution in [-0.4, -0.2) is 31.6 Å². The molecule has 1 heterocycles. The van der Waals surface area contributed by atoms with E-state index in [1.807, 2.05) is 19.2 Å². The Hall–Kier alpha value is -1.57. The van der Waals surface area contributed by atoms with Gasteiger partial charge in [0.2, 0.25) is 5.89 Å². The van der Waals surface area contributed by atoms with Gasteiger partial charge in [0.05, 0.1) is 5.69 Å². The number of guanidine groups is 1. The van der Waals surface area contributed by atoms with Gasteiger partial charge in [0, 0.05) is 32.6 Å². The summed E-state index contributed by atoms with van der Waals surface area (Å²) in [6, 6.07) is 8.15. The van der Waals surface area contributed by atoms with Crippen LogP contribution in [0.1, 0.15) is 11.3 Å². The molecule has 1 aromatic carbocycles. The number of oxazole rings is 1. The number of nitrogens with zero attached hydrogens (tertiary/aromatic N) is 2. The maximum absolute atomic E-state index is 5.52. The summed E-state index contributed by atoms with van der Waals surface area (Å²) in [6.07, 6.45) is 2.50. The molecule has 0 bridgehead atoms. The number of nitrogens with one attached hydrogen (secondary N) is 2. The first-order chi connectivity index (χ1) is 9.72. The summed E-state index contributed by atoms with van der Waals surface area (Å²) in [5, 5.41) is 6.15. The molecule has 0 aliphatic heterocycles. The monoisotopic (exact) mass is 400 g/mol. The predicted octanol–water partition coefficient (Wildman–Crippen LogP) is 2.61. The molecule has 0 saturated carbocycles. The van der Waals surface area contributed by atoms with Crippen molar-refractivity contribution in [2.75, 3.05) is 20.6 Å². The number of aromatic nitrogens is 1. The number of halogens is 1. The molecule has 0 spiro atoms. The molecular weight excluding hydrogens is 379 g/mol. The van der Waals surface area contributed by atoms with Crippen molar-refractivity contribution in [2.45, 2.75) is 13.3 Å². The molecule has 6 heteroatoms. The van der Waals surface area contributed by atoms with Crippen LogP contribution < -0.4 is 10.6 Å². The second-order valence-electron chi connectivity index (χ2n) is 4.51. The fourth-order valence-electron chi connectivity index (χ4n) is 1.84. The van der Waals surface area contributed by atoms with Crippen molar-refractivity contribution in [3.05, 3.63) is 41.8 Å². The average Bonchev–Trinajstić information content (AvgIpc) is 2.93. The van der Waals surface area contributed by atoms with Gasteiger partial charge >= 0.3 is 0 Å². The minimum absolute atomic E-state index is 0. The first-order valence-electron chi connectivity index (χ1n) is 6.63. The van der Waals surface area contributed by atoms with Crippen LogP contribution in [0, 0.1) is 6.92 Å². The summed E-state index contributed by atoms with van der Waals surface area (Å²) in [6.45, 7) is 2.82. The average molecular weight is 400 g/mol. The first-order valence-corrected chi connectivity index (χ1v) is 6.63. The Morgan fingerprint density at radius 1 is 1.29 bits per heavy atom. The number of aliphatic imine (C=N–C) groups is 1. The van der Waals surface area contributed by atoms with Gasteiger partial charge in [-0.05, 0) is 19.1 Å². The van der Waals surface area contributed by atoms with Gasteiger partial charge in [-0.3, -0.25) is 4.99 Å². The maximum Gasteiger partial charge on any atom is 0.226 e. The molecule has 0 radical (unpaired) electrons. The van der Waals surface area contributed by atoms with E-state index in [2.05, 4.69) is 39.7 Å². The molecule has 2 N–H and O–H groups in total. The quantitative estimate of drug-likeness (QED) is 0.471. The van der Waals surface area contributed by atoms with Crippen molar-refractivity contribution in [1.82, 2.24) is 15.6 Å². The van der Waals surface area contributed by atoms with Crippen LogP contribution in [0.15, 0.2) is 39.9 Å². The maximum atomic E-state index is 5.52. The molecule has 0 aliphatic carbocycles.